The zero-order chi connectivity index (χ0) is 31.9. The molecule has 0 aliphatic carbocycles. The normalized spacial score (nSPS) is 14.8. The van der Waals surface area contributed by atoms with Crippen molar-refractivity contribution in [3.05, 3.63) is 23.3 Å². The van der Waals surface area contributed by atoms with Gasteiger partial charge in [-0.2, -0.15) is 26.3 Å². The van der Waals surface area contributed by atoms with E-state index in [-0.39, 0.29) is 59.1 Å². The van der Waals surface area contributed by atoms with Crippen molar-refractivity contribution in [1.82, 2.24) is 10.2 Å². The first-order valence-corrected chi connectivity index (χ1v) is 12.0. The topological polar surface area (TPSA) is 85.3 Å². The summed E-state index contributed by atoms with van der Waals surface area (Å²) in [6.45, 7) is -0.790. The Morgan fingerprint density at radius 3 is 2.05 bits per heavy atom. The highest BCUT2D eigenvalue weighted by molar-refractivity contribution is 6.69. The Bertz CT molecular complexity index is 1370. The van der Waals surface area contributed by atoms with Crippen LogP contribution in [0.25, 0.3) is 0 Å². The van der Waals surface area contributed by atoms with Gasteiger partial charge in [0.1, 0.15) is 44.8 Å². The Kier molecular flexibility index (Phi) is 9.67. The summed E-state index contributed by atoms with van der Waals surface area (Å²) in [6, 6.07) is -1.02. The van der Waals surface area contributed by atoms with Gasteiger partial charge in [0.05, 0.1) is 17.4 Å². The minimum atomic E-state index is -5.48. The van der Waals surface area contributed by atoms with Crippen molar-refractivity contribution in [3.63, 3.8) is 0 Å². The number of alkyl halides is 6. The average molecular weight is 583 g/mol. The van der Waals surface area contributed by atoms with Crippen molar-refractivity contribution in [1.29, 1.82) is 0 Å². The van der Waals surface area contributed by atoms with E-state index in [1.807, 2.05) is 0 Å². The van der Waals surface area contributed by atoms with E-state index in [2.05, 4.69) is 5.32 Å². The molecule has 3 rings (SSSR count). The van der Waals surface area contributed by atoms with Gasteiger partial charge in [-0.3, -0.25) is 9.80 Å². The highest BCUT2D eigenvalue weighted by Crippen LogP contribution is 2.46. The molecule has 0 bridgehead atoms. The smallest absolute Gasteiger partial charge is 0.407 e. The number of carbonyl (C=O) groups is 2. The van der Waals surface area contributed by atoms with Gasteiger partial charge in [0, 0.05) is 38.9 Å². The first-order chi connectivity index (χ1) is 19.3. The van der Waals surface area contributed by atoms with Crippen molar-refractivity contribution < 1.29 is 45.8 Å². The van der Waals surface area contributed by atoms with Gasteiger partial charge in [-0.15, -0.1) is 16.4 Å². The Labute approximate surface area is 243 Å². The molecule has 1 atom stereocenters. The molecule has 1 unspecified atom stereocenters. The Hall–Kier alpha value is -3.20. The molecule has 212 valence electrons. The Morgan fingerprint density at radius 1 is 1.00 bits per heavy atom. The van der Waals surface area contributed by atoms with Crippen molar-refractivity contribution in [3.8, 4) is 5.75 Å². The number of benzene rings is 2. The molecule has 8 nitrogen and oxygen atoms in total. The Morgan fingerprint density at radius 2 is 1.55 bits per heavy atom. The molecule has 1 aliphatic rings. The highest BCUT2D eigenvalue weighted by atomic mass is 19.4. The lowest BCUT2D eigenvalue weighted by atomic mass is 9.61. The van der Waals surface area contributed by atoms with Crippen molar-refractivity contribution in [2.45, 2.75) is 18.5 Å². The number of carbonyl (C=O) groups excluding carboxylic acids is 2. The van der Waals surface area contributed by atoms with Crippen LogP contribution in [-0.4, -0.2) is 108 Å². The number of anilines is 2. The van der Waals surface area contributed by atoms with E-state index in [0.29, 0.717) is 9.80 Å². The van der Waals surface area contributed by atoms with Crippen LogP contribution in [0.4, 0.5) is 47.3 Å². The summed E-state index contributed by atoms with van der Waals surface area (Å²) >= 11 is 0. The van der Waals surface area contributed by atoms with Gasteiger partial charge >= 0.3 is 24.5 Å². The van der Waals surface area contributed by atoms with Gasteiger partial charge in [0.15, 0.2) is 5.75 Å². The van der Waals surface area contributed by atoms with Crippen LogP contribution in [0.5, 0.6) is 5.75 Å². The summed E-state index contributed by atoms with van der Waals surface area (Å²) < 4.78 is 88.6. The van der Waals surface area contributed by atoms with Gasteiger partial charge < -0.3 is 20.1 Å². The molecule has 10 radical (unpaired) electrons. The molecular formula is C23H19B5F6N4O4. The molecule has 1 aliphatic heterocycles. The van der Waals surface area contributed by atoms with Crippen LogP contribution in [0.1, 0.15) is 11.1 Å². The van der Waals surface area contributed by atoms with E-state index in [1.165, 1.54) is 7.05 Å². The van der Waals surface area contributed by atoms with E-state index < -0.39 is 65.4 Å². The van der Waals surface area contributed by atoms with Gasteiger partial charge in [-0.25, -0.2) is 9.59 Å². The van der Waals surface area contributed by atoms with Crippen LogP contribution >= 0.6 is 0 Å². The number of urea groups is 1. The number of nitrogens with one attached hydrogen (secondary N) is 1. The molecule has 3 amide bonds. The predicted molar refractivity (Wildman–Crippen MR) is 149 cm³/mol. The summed E-state index contributed by atoms with van der Waals surface area (Å²) in [5.41, 5.74) is -6.73. The zero-order valence-electron chi connectivity index (χ0n) is 22.2. The molecule has 2 aromatic carbocycles. The lowest BCUT2D eigenvalue weighted by molar-refractivity contribution is -0.143. The van der Waals surface area contributed by atoms with Crippen LogP contribution in [0.2, 0.25) is 0 Å². The number of rotatable bonds is 7. The monoisotopic (exact) mass is 584 g/mol. The fraction of sp³-hybridized carbons (Fsp3) is 0.391. The van der Waals surface area contributed by atoms with Crippen molar-refractivity contribution in [2.75, 3.05) is 50.1 Å². The van der Waals surface area contributed by atoms with Gasteiger partial charge in [-0.1, -0.05) is 10.9 Å². The van der Waals surface area contributed by atoms with Crippen LogP contribution in [-0.2, 0) is 12.4 Å². The predicted octanol–water partition coefficient (Wildman–Crippen LogP) is -1.85. The number of β-amino-alcohol motifs (C(OH)–C–C–N with tert-alkyl or cyclic N) is 1. The van der Waals surface area contributed by atoms with Crippen LogP contribution in [0.15, 0.2) is 12.1 Å². The zero-order valence-corrected chi connectivity index (χ0v) is 22.2. The van der Waals surface area contributed by atoms with E-state index in [0.717, 1.165) is 11.9 Å². The standard InChI is InChI=1S/C23H19B5F6N4O4/c1-35-7-10(39)8-37-3-4-38(20(37)40)12-6-9(22(29,30)31)5-11(23(32,33)34)19(12)42-21(41)36(2)18-16(27)14(25)13(24)15(26)17(18)28/h5-6,10,35,39H,3-4,7-8H2,1-2H3. The second-order valence-corrected chi connectivity index (χ2v) is 9.30. The SMILES string of the molecule is [B]c1c([B])c([B])c(N(C)C(=O)Oc2c(N3CCN(CC(O)CNC)C3=O)cc(C(F)(F)F)cc2C(F)(F)F)c([B])c1[B]. The molecule has 2 N–H and O–H groups in total. The first kappa shape index (κ1) is 33.3. The minimum Gasteiger partial charge on any atom is -0.407 e. The van der Waals surface area contributed by atoms with E-state index in [9.17, 15) is 41.0 Å². The van der Waals surface area contributed by atoms with Crippen LogP contribution in [0.3, 0.4) is 0 Å². The fourth-order valence-corrected chi connectivity index (χ4v) is 4.27. The van der Waals surface area contributed by atoms with Crippen LogP contribution < -0.4 is 47.2 Å². The van der Waals surface area contributed by atoms with E-state index >= 15 is 0 Å². The molecule has 2 aromatic rings. The fourth-order valence-electron chi connectivity index (χ4n) is 4.27. The summed E-state index contributed by atoms with van der Waals surface area (Å²) in [5.74, 6) is -1.40. The van der Waals surface area contributed by atoms with Crippen molar-refractivity contribution in [2.24, 2.45) is 0 Å². The number of ether oxygens (including phenoxy) is 1. The molecule has 0 saturated carbocycles. The molecule has 19 heteroatoms. The number of hydrogen-bond acceptors (Lipinski definition) is 5. The first-order valence-electron chi connectivity index (χ1n) is 12.0. The minimum absolute atomic E-state index is 0.0488. The van der Waals surface area contributed by atoms with Crippen LogP contribution in [0, 0.1) is 0 Å². The molecule has 1 saturated heterocycles. The van der Waals surface area contributed by atoms with Gasteiger partial charge in [0.25, 0.3) is 0 Å². The maximum absolute atomic E-state index is 14.2. The summed E-state index contributed by atoms with van der Waals surface area (Å²) in [7, 11) is 31.6. The second-order valence-electron chi connectivity index (χ2n) is 9.30. The van der Waals surface area contributed by atoms with Gasteiger partial charge in [-0.05, 0) is 19.2 Å². The third-order valence-electron chi connectivity index (χ3n) is 6.43. The molecular weight excluding hydrogens is 564 g/mol. The molecule has 0 spiro atoms. The number of aliphatic hydroxyl groups excluding tert-OH is 1. The number of likely N-dealkylation sites (N-methyl/N-ethyl adjacent to an activating group) is 1. The lowest BCUT2D eigenvalue weighted by Gasteiger charge is -2.29. The third-order valence-corrected chi connectivity index (χ3v) is 6.43. The summed E-state index contributed by atoms with van der Waals surface area (Å²) in [4.78, 5) is 28.4. The van der Waals surface area contributed by atoms with E-state index in [1.54, 1.807) is 0 Å². The average Bonchev–Trinajstić information content (AvgIpc) is 3.24. The van der Waals surface area contributed by atoms with Gasteiger partial charge in [0.2, 0.25) is 0 Å². The quantitative estimate of drug-likeness (QED) is 0.296. The molecule has 1 heterocycles. The number of aliphatic hydroxyl groups is 1. The largest absolute Gasteiger partial charge is 0.420 e. The summed E-state index contributed by atoms with van der Waals surface area (Å²) in [5, 5.41) is 12.7. The Balaban J connectivity index is 2.16. The maximum atomic E-state index is 14.2. The molecule has 1 fully saturated rings. The molecule has 0 aromatic heterocycles. The third kappa shape index (κ3) is 6.56. The number of halogens is 6. The van der Waals surface area contributed by atoms with Crippen molar-refractivity contribution >= 4 is 90.0 Å². The van der Waals surface area contributed by atoms with E-state index in [4.69, 9.17) is 44.0 Å². The highest BCUT2D eigenvalue weighted by Gasteiger charge is 2.44. The maximum Gasteiger partial charge on any atom is 0.420 e. The number of nitrogens with zero attached hydrogens (tertiary/aromatic N) is 3. The second kappa shape index (κ2) is 12.2. The number of amides is 3. The number of hydrogen-bond donors (Lipinski definition) is 2. The summed E-state index contributed by atoms with van der Waals surface area (Å²) in [6.07, 6.45) is -13.4. The lowest BCUT2D eigenvalue weighted by Crippen LogP contribution is -2.57. The molecule has 42 heavy (non-hydrogen) atoms.